The minimum Gasteiger partial charge on any atom is -0.351 e. The van der Waals surface area contributed by atoms with Crippen LogP contribution >= 0.6 is 0 Å². The van der Waals surface area contributed by atoms with Crippen LogP contribution in [0.3, 0.4) is 0 Å². The van der Waals surface area contributed by atoms with Crippen molar-refractivity contribution in [1.82, 2.24) is 15.3 Å². The van der Waals surface area contributed by atoms with Crippen molar-refractivity contribution in [2.75, 3.05) is 6.54 Å². The van der Waals surface area contributed by atoms with Gasteiger partial charge in [0.05, 0.1) is 22.9 Å². The van der Waals surface area contributed by atoms with E-state index in [0.29, 0.717) is 18.7 Å². The smallest absolute Gasteiger partial charge is 0.262 e. The van der Waals surface area contributed by atoms with Gasteiger partial charge in [0.1, 0.15) is 11.6 Å². The van der Waals surface area contributed by atoms with E-state index in [1.165, 1.54) is 6.08 Å². The Morgan fingerprint density at radius 2 is 1.80 bits per heavy atom. The van der Waals surface area contributed by atoms with Crippen LogP contribution in [-0.4, -0.2) is 22.4 Å². The van der Waals surface area contributed by atoms with Crippen molar-refractivity contribution >= 4 is 23.0 Å². The van der Waals surface area contributed by atoms with E-state index in [9.17, 15) is 10.1 Å². The van der Waals surface area contributed by atoms with Crippen molar-refractivity contribution in [3.63, 3.8) is 0 Å². The molecule has 1 heterocycles. The zero-order chi connectivity index (χ0) is 17.5. The normalized spacial score (nSPS) is 11.1. The summed E-state index contributed by atoms with van der Waals surface area (Å²) < 4.78 is 0. The number of hydrogen-bond acceptors (Lipinski definition) is 4. The molecule has 0 radical (unpaired) electrons. The van der Waals surface area contributed by atoms with Gasteiger partial charge in [0.15, 0.2) is 0 Å². The largest absolute Gasteiger partial charge is 0.351 e. The Balaban J connectivity index is 1.68. The van der Waals surface area contributed by atoms with E-state index in [0.717, 1.165) is 16.6 Å². The van der Waals surface area contributed by atoms with Gasteiger partial charge in [-0.3, -0.25) is 9.78 Å². The lowest BCUT2D eigenvalue weighted by Crippen LogP contribution is -2.26. The molecular weight excluding hydrogens is 312 g/mol. The maximum absolute atomic E-state index is 12.2. The summed E-state index contributed by atoms with van der Waals surface area (Å²) in [6.45, 7) is 0.464. The minimum atomic E-state index is -0.409. The van der Waals surface area contributed by atoms with Crippen LogP contribution in [0.5, 0.6) is 0 Å². The van der Waals surface area contributed by atoms with E-state index in [1.807, 2.05) is 60.7 Å². The van der Waals surface area contributed by atoms with Crippen LogP contribution in [0.25, 0.3) is 17.1 Å². The van der Waals surface area contributed by atoms with E-state index in [1.54, 1.807) is 6.20 Å². The summed E-state index contributed by atoms with van der Waals surface area (Å²) in [5.74, 6) is -0.409. The van der Waals surface area contributed by atoms with Gasteiger partial charge in [0.25, 0.3) is 5.91 Å². The van der Waals surface area contributed by atoms with Crippen molar-refractivity contribution in [3.8, 4) is 6.07 Å². The molecule has 3 rings (SSSR count). The Morgan fingerprint density at radius 3 is 2.56 bits per heavy atom. The van der Waals surface area contributed by atoms with Crippen LogP contribution in [0.4, 0.5) is 0 Å². The Kier molecular flexibility index (Phi) is 5.13. The summed E-state index contributed by atoms with van der Waals surface area (Å²) in [6, 6.07) is 19.2. The lowest BCUT2D eigenvalue weighted by molar-refractivity contribution is -0.117. The first kappa shape index (κ1) is 16.3. The maximum atomic E-state index is 12.2. The molecule has 3 aromatic rings. The molecule has 0 aliphatic carbocycles. The fraction of sp³-hybridized carbons (Fsp3) is 0.100. The van der Waals surface area contributed by atoms with Gasteiger partial charge < -0.3 is 5.32 Å². The summed E-state index contributed by atoms with van der Waals surface area (Å²) >= 11 is 0. The van der Waals surface area contributed by atoms with E-state index < -0.39 is 5.91 Å². The number of para-hydroxylation sites is 2. The molecule has 0 bridgehead atoms. The molecule has 5 nitrogen and oxygen atoms in total. The third kappa shape index (κ3) is 4.27. The third-order valence-corrected chi connectivity index (χ3v) is 3.67. The molecule has 0 saturated heterocycles. The first-order chi connectivity index (χ1) is 12.3. The Morgan fingerprint density at radius 1 is 1.08 bits per heavy atom. The highest BCUT2D eigenvalue weighted by Crippen LogP contribution is 2.11. The summed E-state index contributed by atoms with van der Waals surface area (Å²) in [7, 11) is 0. The Labute approximate surface area is 145 Å². The molecule has 0 aliphatic heterocycles. The fourth-order valence-corrected chi connectivity index (χ4v) is 2.40. The number of benzene rings is 2. The van der Waals surface area contributed by atoms with Crippen molar-refractivity contribution in [1.29, 1.82) is 5.26 Å². The van der Waals surface area contributed by atoms with E-state index in [2.05, 4.69) is 15.3 Å². The summed E-state index contributed by atoms with van der Waals surface area (Å²) in [5, 5.41) is 12.0. The molecule has 0 aliphatic rings. The van der Waals surface area contributed by atoms with Crippen molar-refractivity contribution < 1.29 is 4.79 Å². The van der Waals surface area contributed by atoms with Crippen molar-refractivity contribution in [2.24, 2.45) is 0 Å². The first-order valence-electron chi connectivity index (χ1n) is 7.92. The van der Waals surface area contributed by atoms with Gasteiger partial charge in [-0.15, -0.1) is 0 Å². The lowest BCUT2D eigenvalue weighted by Gasteiger charge is -2.04. The predicted molar refractivity (Wildman–Crippen MR) is 96.3 cm³/mol. The van der Waals surface area contributed by atoms with E-state index in [-0.39, 0.29) is 5.57 Å². The van der Waals surface area contributed by atoms with Crippen LogP contribution in [0, 0.1) is 11.3 Å². The summed E-state index contributed by atoms with van der Waals surface area (Å²) in [6.07, 6.45) is 3.72. The van der Waals surface area contributed by atoms with Gasteiger partial charge in [0, 0.05) is 6.54 Å². The van der Waals surface area contributed by atoms with Gasteiger partial charge in [-0.2, -0.15) is 5.26 Å². The molecule has 0 unspecified atom stereocenters. The highest BCUT2D eigenvalue weighted by atomic mass is 16.1. The summed E-state index contributed by atoms with van der Waals surface area (Å²) in [5.41, 5.74) is 3.11. The molecule has 1 amide bonds. The monoisotopic (exact) mass is 328 g/mol. The number of nitrogens with zero attached hydrogens (tertiary/aromatic N) is 3. The number of carbonyl (C=O) groups is 1. The second-order valence-corrected chi connectivity index (χ2v) is 5.44. The number of amides is 1. The van der Waals surface area contributed by atoms with Crippen molar-refractivity contribution in [3.05, 3.63) is 77.6 Å². The van der Waals surface area contributed by atoms with Crippen LogP contribution in [0.1, 0.15) is 11.3 Å². The number of nitriles is 1. The molecular formula is C20H16N4O. The van der Waals surface area contributed by atoms with Crippen LogP contribution in [0.2, 0.25) is 0 Å². The Bertz CT molecular complexity index is 958. The van der Waals surface area contributed by atoms with Crippen LogP contribution < -0.4 is 5.32 Å². The molecule has 5 heteroatoms. The van der Waals surface area contributed by atoms with Gasteiger partial charge >= 0.3 is 0 Å². The van der Waals surface area contributed by atoms with Crippen LogP contribution in [0.15, 0.2) is 66.4 Å². The highest BCUT2D eigenvalue weighted by Gasteiger charge is 2.09. The van der Waals surface area contributed by atoms with Gasteiger partial charge in [-0.1, -0.05) is 42.5 Å². The zero-order valence-electron chi connectivity index (χ0n) is 13.5. The average molecular weight is 328 g/mol. The lowest BCUT2D eigenvalue weighted by atomic mass is 10.1. The second kappa shape index (κ2) is 7.84. The zero-order valence-corrected chi connectivity index (χ0v) is 13.5. The topological polar surface area (TPSA) is 78.7 Å². The second-order valence-electron chi connectivity index (χ2n) is 5.44. The molecule has 0 fully saturated rings. The molecule has 0 spiro atoms. The molecule has 1 N–H and O–H groups in total. The molecule has 122 valence electrons. The van der Waals surface area contributed by atoms with Crippen molar-refractivity contribution in [2.45, 2.75) is 6.42 Å². The highest BCUT2D eigenvalue weighted by molar-refractivity contribution is 6.01. The number of aromatic nitrogens is 2. The number of hydrogen-bond donors (Lipinski definition) is 1. The third-order valence-electron chi connectivity index (χ3n) is 3.67. The SMILES string of the molecule is N#C/C(=C\c1cnc2ccccc2n1)C(=O)NCCc1ccccc1. The molecule has 0 saturated carbocycles. The molecule has 2 aromatic carbocycles. The number of fused-ring (bicyclic) bond motifs is 1. The van der Waals surface area contributed by atoms with E-state index >= 15 is 0 Å². The maximum Gasteiger partial charge on any atom is 0.262 e. The predicted octanol–water partition coefficient (Wildman–Crippen LogP) is 2.90. The number of rotatable bonds is 5. The standard InChI is InChI=1S/C20H16N4O/c21-13-16(20(25)22-11-10-15-6-2-1-3-7-15)12-17-14-23-18-8-4-5-9-19(18)24-17/h1-9,12,14H,10-11H2,(H,22,25)/b16-12+. The number of nitrogens with one attached hydrogen (secondary N) is 1. The van der Waals surface area contributed by atoms with Gasteiger partial charge in [-0.25, -0.2) is 4.98 Å². The molecule has 1 aromatic heterocycles. The van der Waals surface area contributed by atoms with Gasteiger partial charge in [-0.05, 0) is 30.2 Å². The first-order valence-corrected chi connectivity index (χ1v) is 7.92. The minimum absolute atomic E-state index is 0.0117. The van der Waals surface area contributed by atoms with Gasteiger partial charge in [0.2, 0.25) is 0 Å². The molecule has 25 heavy (non-hydrogen) atoms. The van der Waals surface area contributed by atoms with Crippen LogP contribution in [-0.2, 0) is 11.2 Å². The summed E-state index contributed by atoms with van der Waals surface area (Å²) in [4.78, 5) is 20.9. The van der Waals surface area contributed by atoms with E-state index in [4.69, 9.17) is 0 Å². The average Bonchev–Trinajstić information content (AvgIpc) is 2.66. The fourth-order valence-electron chi connectivity index (χ4n) is 2.40. The molecule has 0 atom stereocenters. The quantitative estimate of drug-likeness (QED) is 0.577. The number of carbonyl (C=O) groups excluding carboxylic acids is 1. The Hall–Kier alpha value is -3.52.